The summed E-state index contributed by atoms with van der Waals surface area (Å²) in [6, 6.07) is 5.78. The van der Waals surface area contributed by atoms with Crippen LogP contribution in [0.5, 0.6) is 0 Å². The average Bonchev–Trinajstić information content (AvgIpc) is 3.29. The first-order valence-electron chi connectivity index (χ1n) is 9.86. The molecule has 148 valence electrons. The van der Waals surface area contributed by atoms with Gasteiger partial charge in [-0.3, -0.25) is 9.59 Å². The van der Waals surface area contributed by atoms with E-state index in [1.807, 2.05) is 28.5 Å². The molecule has 0 aliphatic carbocycles. The number of aromatic nitrogens is 2. The number of hydrogen-bond donors (Lipinski definition) is 1. The van der Waals surface area contributed by atoms with Crippen LogP contribution in [0.25, 0.3) is 0 Å². The van der Waals surface area contributed by atoms with Crippen molar-refractivity contribution in [3.8, 4) is 0 Å². The summed E-state index contributed by atoms with van der Waals surface area (Å²) in [5.74, 6) is 0.986. The van der Waals surface area contributed by atoms with E-state index in [4.69, 9.17) is 0 Å². The zero-order valence-corrected chi connectivity index (χ0v) is 16.6. The van der Waals surface area contributed by atoms with Crippen LogP contribution in [0.2, 0.25) is 0 Å². The summed E-state index contributed by atoms with van der Waals surface area (Å²) >= 11 is 1.47. The van der Waals surface area contributed by atoms with Gasteiger partial charge in [0, 0.05) is 50.5 Å². The number of likely N-dealkylation sites (tertiary alicyclic amines) is 1. The maximum absolute atomic E-state index is 12.7. The maximum atomic E-state index is 12.7. The molecular weight excluding hydrogens is 374 g/mol. The van der Waals surface area contributed by atoms with Crippen LogP contribution in [0.4, 0.5) is 5.95 Å². The predicted octanol–water partition coefficient (Wildman–Crippen LogP) is 2.18. The molecule has 4 heterocycles. The molecule has 7 nitrogen and oxygen atoms in total. The molecule has 2 saturated heterocycles. The molecular formula is C20H25N5O2S. The third kappa shape index (κ3) is 4.32. The molecule has 0 unspecified atom stereocenters. The van der Waals surface area contributed by atoms with Crippen molar-refractivity contribution < 1.29 is 9.59 Å². The van der Waals surface area contributed by atoms with Gasteiger partial charge < -0.3 is 15.1 Å². The number of amides is 2. The molecule has 0 bridgehead atoms. The van der Waals surface area contributed by atoms with E-state index in [9.17, 15) is 9.59 Å². The highest BCUT2D eigenvalue weighted by molar-refractivity contribution is 7.12. The Morgan fingerprint density at radius 3 is 2.36 bits per heavy atom. The van der Waals surface area contributed by atoms with Gasteiger partial charge in [0.05, 0.1) is 4.88 Å². The van der Waals surface area contributed by atoms with E-state index in [-0.39, 0.29) is 23.8 Å². The number of carbonyl (C=O) groups excluding carboxylic acids is 2. The first-order valence-corrected chi connectivity index (χ1v) is 10.7. The second kappa shape index (κ2) is 8.68. The molecule has 2 aromatic heterocycles. The van der Waals surface area contributed by atoms with E-state index < -0.39 is 0 Å². The number of hydrogen-bond acceptors (Lipinski definition) is 6. The molecule has 2 aliphatic heterocycles. The fraction of sp³-hybridized carbons (Fsp3) is 0.500. The zero-order valence-electron chi connectivity index (χ0n) is 15.8. The third-order valence-electron chi connectivity index (χ3n) is 5.56. The monoisotopic (exact) mass is 399 g/mol. The predicted molar refractivity (Wildman–Crippen MR) is 108 cm³/mol. The summed E-state index contributed by atoms with van der Waals surface area (Å²) in [5, 5.41) is 5.14. The normalized spacial score (nSPS) is 18.9. The van der Waals surface area contributed by atoms with Gasteiger partial charge in [0.15, 0.2) is 0 Å². The van der Waals surface area contributed by atoms with Crippen LogP contribution in [0.1, 0.15) is 35.4 Å². The molecule has 8 heteroatoms. The molecule has 1 N–H and O–H groups in total. The van der Waals surface area contributed by atoms with Gasteiger partial charge in [-0.05, 0) is 43.2 Å². The second-order valence-electron chi connectivity index (χ2n) is 7.36. The minimum absolute atomic E-state index is 0.00266. The Labute approximate surface area is 168 Å². The number of nitrogens with one attached hydrogen (secondary N) is 1. The third-order valence-corrected chi connectivity index (χ3v) is 6.42. The van der Waals surface area contributed by atoms with Gasteiger partial charge in [-0.1, -0.05) is 6.07 Å². The highest BCUT2D eigenvalue weighted by atomic mass is 32.1. The van der Waals surface area contributed by atoms with Gasteiger partial charge in [-0.2, -0.15) is 0 Å². The van der Waals surface area contributed by atoms with E-state index >= 15 is 0 Å². The fourth-order valence-corrected chi connectivity index (χ4v) is 4.59. The van der Waals surface area contributed by atoms with Crippen molar-refractivity contribution in [1.29, 1.82) is 0 Å². The Balaban J connectivity index is 1.22. The van der Waals surface area contributed by atoms with Crippen molar-refractivity contribution in [2.75, 3.05) is 31.1 Å². The van der Waals surface area contributed by atoms with Gasteiger partial charge >= 0.3 is 0 Å². The Morgan fingerprint density at radius 2 is 1.71 bits per heavy atom. The lowest BCUT2D eigenvalue weighted by atomic mass is 9.94. The van der Waals surface area contributed by atoms with E-state index in [2.05, 4.69) is 20.2 Å². The van der Waals surface area contributed by atoms with Crippen molar-refractivity contribution >= 4 is 29.1 Å². The zero-order chi connectivity index (χ0) is 19.3. The molecule has 4 rings (SSSR count). The van der Waals surface area contributed by atoms with E-state index in [0.717, 1.165) is 49.6 Å². The minimum atomic E-state index is 0.00266. The smallest absolute Gasteiger partial charge is 0.263 e. The standard InChI is InChI=1S/C20H25N5O2S/c26-18(15-4-10-24(11-5-15)19(27)17-3-1-14-28-17)23-16-6-12-25(13-7-16)20-21-8-2-9-22-20/h1-3,8-9,14-16H,4-7,10-13H2,(H,23,26). The summed E-state index contributed by atoms with van der Waals surface area (Å²) in [7, 11) is 0. The molecule has 0 spiro atoms. The lowest BCUT2D eigenvalue weighted by molar-refractivity contribution is -0.127. The highest BCUT2D eigenvalue weighted by Crippen LogP contribution is 2.22. The van der Waals surface area contributed by atoms with Crippen LogP contribution in [0.3, 0.4) is 0 Å². The molecule has 0 atom stereocenters. The molecule has 28 heavy (non-hydrogen) atoms. The number of thiophene rings is 1. The van der Waals surface area contributed by atoms with Crippen molar-refractivity contribution in [3.63, 3.8) is 0 Å². The fourth-order valence-electron chi connectivity index (χ4n) is 3.90. The number of piperidine rings is 2. The molecule has 0 saturated carbocycles. The van der Waals surface area contributed by atoms with Gasteiger partial charge in [0.25, 0.3) is 5.91 Å². The SMILES string of the molecule is O=C(NC1CCN(c2ncccn2)CC1)C1CCN(C(=O)c2cccs2)CC1. The highest BCUT2D eigenvalue weighted by Gasteiger charge is 2.30. The van der Waals surface area contributed by atoms with Crippen LogP contribution in [-0.2, 0) is 4.79 Å². The Hall–Kier alpha value is -2.48. The second-order valence-corrected chi connectivity index (χ2v) is 8.31. The Kier molecular flexibility index (Phi) is 5.85. The van der Waals surface area contributed by atoms with Gasteiger partial charge in [0.1, 0.15) is 0 Å². The van der Waals surface area contributed by atoms with Gasteiger partial charge in [-0.15, -0.1) is 11.3 Å². The van der Waals surface area contributed by atoms with Crippen LogP contribution >= 0.6 is 11.3 Å². The summed E-state index contributed by atoms with van der Waals surface area (Å²) in [5.41, 5.74) is 0. The molecule has 0 aromatic carbocycles. The number of anilines is 1. The van der Waals surface area contributed by atoms with Gasteiger partial charge in [0.2, 0.25) is 11.9 Å². The number of nitrogens with zero attached hydrogens (tertiary/aromatic N) is 4. The summed E-state index contributed by atoms with van der Waals surface area (Å²) in [6.45, 7) is 3.00. The minimum Gasteiger partial charge on any atom is -0.353 e. The molecule has 2 aliphatic rings. The van der Waals surface area contributed by atoms with Gasteiger partial charge in [-0.25, -0.2) is 9.97 Å². The maximum Gasteiger partial charge on any atom is 0.263 e. The van der Waals surface area contributed by atoms with Crippen LogP contribution in [0.15, 0.2) is 36.0 Å². The summed E-state index contributed by atoms with van der Waals surface area (Å²) < 4.78 is 0. The summed E-state index contributed by atoms with van der Waals surface area (Å²) in [4.78, 5) is 38.5. The topological polar surface area (TPSA) is 78.4 Å². The van der Waals surface area contributed by atoms with Crippen LogP contribution in [-0.4, -0.2) is 58.9 Å². The van der Waals surface area contributed by atoms with Crippen molar-refractivity contribution in [2.24, 2.45) is 5.92 Å². The van der Waals surface area contributed by atoms with Crippen LogP contribution in [0, 0.1) is 5.92 Å². The lowest BCUT2D eigenvalue weighted by Crippen LogP contribution is -2.49. The quantitative estimate of drug-likeness (QED) is 0.853. The molecule has 2 fully saturated rings. The summed E-state index contributed by atoms with van der Waals surface area (Å²) in [6.07, 6.45) is 6.79. The first kappa shape index (κ1) is 18.9. The first-order chi connectivity index (χ1) is 13.7. The lowest BCUT2D eigenvalue weighted by Gasteiger charge is -2.35. The van der Waals surface area contributed by atoms with Crippen molar-refractivity contribution in [2.45, 2.75) is 31.7 Å². The molecule has 0 radical (unpaired) electrons. The largest absolute Gasteiger partial charge is 0.353 e. The van der Waals surface area contributed by atoms with E-state index in [0.29, 0.717) is 13.1 Å². The average molecular weight is 400 g/mol. The van der Waals surface area contributed by atoms with E-state index in [1.54, 1.807) is 12.4 Å². The van der Waals surface area contributed by atoms with Crippen molar-refractivity contribution in [3.05, 3.63) is 40.8 Å². The number of rotatable bonds is 4. The van der Waals surface area contributed by atoms with E-state index in [1.165, 1.54) is 11.3 Å². The van der Waals surface area contributed by atoms with Crippen LogP contribution < -0.4 is 10.2 Å². The molecule has 2 amide bonds. The Morgan fingerprint density at radius 1 is 1.00 bits per heavy atom. The number of carbonyl (C=O) groups is 2. The molecule has 2 aromatic rings. The Bertz CT molecular complexity index is 782. The van der Waals surface area contributed by atoms with Crippen molar-refractivity contribution in [1.82, 2.24) is 20.2 Å².